The molecule has 5 aromatic rings. The number of rotatable bonds is 4. The summed E-state index contributed by atoms with van der Waals surface area (Å²) in [4.78, 5) is 0. The Kier molecular flexibility index (Phi) is 8.74. The Morgan fingerprint density at radius 1 is 0.157 bits per heavy atom. The Morgan fingerprint density at radius 2 is 0.294 bits per heavy atom. The van der Waals surface area contributed by atoms with Gasteiger partial charge in [-0.25, -0.2) is 96.6 Å². The van der Waals surface area contributed by atoms with E-state index in [0.717, 1.165) is 0 Å². The molecule has 0 fully saturated rings. The summed E-state index contributed by atoms with van der Waals surface area (Å²) in [5, 5.41) is -5.80. The van der Waals surface area contributed by atoms with Crippen molar-refractivity contribution in [3.63, 3.8) is 0 Å². The summed E-state index contributed by atoms with van der Waals surface area (Å²) in [5.74, 6) is -78.7. The van der Waals surface area contributed by atoms with Crippen molar-refractivity contribution in [2.45, 2.75) is 0 Å². The smallest absolute Gasteiger partial charge is 0.200 e. The molecule has 0 saturated carbocycles. The Morgan fingerprint density at radius 3 is 0.549 bits per heavy atom. The number of halogens is 22. The van der Waals surface area contributed by atoms with Gasteiger partial charge in [-0.1, -0.05) is 0 Å². The molecule has 0 aromatic heterocycles. The van der Waals surface area contributed by atoms with Crippen molar-refractivity contribution in [2.24, 2.45) is 0 Å². The molecule has 0 aliphatic rings. The third-order valence-corrected chi connectivity index (χ3v) is 7.84. The Bertz CT molecular complexity index is 2150. The van der Waals surface area contributed by atoms with Gasteiger partial charge in [0.2, 0.25) is 0 Å². The summed E-state index contributed by atoms with van der Waals surface area (Å²) >= 11 is 0. The van der Waals surface area contributed by atoms with Crippen molar-refractivity contribution in [3.05, 3.63) is 128 Å². The number of hydrogen-bond donors (Lipinski definition) is 0. The fourth-order valence-electron chi connectivity index (χ4n) is 5.76. The maximum atomic E-state index is 16.4. The van der Waals surface area contributed by atoms with Crippen LogP contribution in [0.3, 0.4) is 0 Å². The van der Waals surface area contributed by atoms with Crippen LogP contribution in [0.1, 0.15) is 0 Å². The highest BCUT2D eigenvalue weighted by atomic mass is 19.2. The normalized spacial score (nSPS) is 12.1. The first-order valence-electron chi connectivity index (χ1n) is 12.6. The molecular weight excluding hydrogens is 765 g/mol. The lowest BCUT2D eigenvalue weighted by Gasteiger charge is -2.45. The van der Waals surface area contributed by atoms with E-state index >= 15 is 39.5 Å². The molecule has 0 N–H and O–H groups in total. The molecule has 23 heteroatoms. The molecule has 0 unspecified atom stereocenters. The Labute approximate surface area is 264 Å². The highest BCUT2D eigenvalue weighted by Crippen LogP contribution is 2.35. The standard InChI is InChI=1S/C28BF22/c30-7-1-2(10(33)19(42)18(41)9(1)32)8(31)11(34)3(7)29(4-12(35)20(43)26(49)21(44)13(4)36,5-14(37)22(45)27(50)23(46)15(5)38)6-16(39)24(47)28(51)25(48)17(6)40/q-1. The van der Waals surface area contributed by atoms with Crippen LogP contribution in [0.4, 0.5) is 96.6 Å². The predicted molar refractivity (Wildman–Crippen MR) is 127 cm³/mol. The summed E-state index contributed by atoms with van der Waals surface area (Å²) in [6.07, 6.45) is -7.41. The quantitative estimate of drug-likeness (QED) is 0.0782. The second-order valence-corrected chi connectivity index (χ2v) is 10.2. The average molecular weight is 765 g/mol. The Balaban J connectivity index is 2.41. The maximum absolute atomic E-state index is 16.4. The summed E-state index contributed by atoms with van der Waals surface area (Å²) in [6.45, 7) is 0. The van der Waals surface area contributed by atoms with Crippen LogP contribution in [0.25, 0.3) is 10.8 Å². The summed E-state index contributed by atoms with van der Waals surface area (Å²) in [7, 11) is 0. The molecule has 0 nitrogen and oxygen atoms in total. The number of hydrogen-bond acceptors (Lipinski definition) is 0. The lowest BCUT2D eigenvalue weighted by molar-refractivity contribution is 0.379. The van der Waals surface area contributed by atoms with Crippen molar-refractivity contribution in [1.82, 2.24) is 0 Å². The lowest BCUT2D eigenvalue weighted by Crippen LogP contribution is -2.81. The van der Waals surface area contributed by atoms with E-state index in [2.05, 4.69) is 0 Å². The van der Waals surface area contributed by atoms with Gasteiger partial charge in [-0.3, -0.25) is 0 Å². The van der Waals surface area contributed by atoms with Crippen LogP contribution in [0, 0.1) is 128 Å². The molecule has 0 aliphatic heterocycles. The SMILES string of the molecule is Fc1c(F)c(F)c([B-](c2c(F)c(F)c(F)c(F)c2F)(c2c(F)c(F)c(F)c(F)c2F)c2c(F)c(F)c3c(F)c(F)c(F)c(F)c3c2F)c(F)c1F. The highest BCUT2D eigenvalue weighted by Gasteiger charge is 2.52. The number of fused-ring (bicyclic) bond motifs is 1. The van der Waals surface area contributed by atoms with Crippen LogP contribution in [0.5, 0.6) is 0 Å². The summed E-state index contributed by atoms with van der Waals surface area (Å²) < 4.78 is 330. The first-order chi connectivity index (χ1) is 23.5. The van der Waals surface area contributed by atoms with Crippen molar-refractivity contribution in [1.29, 1.82) is 0 Å². The molecule has 0 heterocycles. The van der Waals surface area contributed by atoms with E-state index in [1.165, 1.54) is 0 Å². The largest absolute Gasteiger partial charge is 0.210 e. The van der Waals surface area contributed by atoms with Gasteiger partial charge in [-0.05, 0) is 0 Å². The van der Waals surface area contributed by atoms with Crippen molar-refractivity contribution >= 4 is 38.8 Å². The Hall–Kier alpha value is -5.12. The van der Waals surface area contributed by atoms with Gasteiger partial charge in [0.25, 0.3) is 0 Å². The van der Waals surface area contributed by atoms with Gasteiger partial charge < -0.3 is 0 Å². The van der Waals surface area contributed by atoms with Crippen LogP contribution >= 0.6 is 0 Å². The average Bonchev–Trinajstić information content (AvgIpc) is 3.09. The van der Waals surface area contributed by atoms with Crippen LogP contribution < -0.4 is 21.9 Å². The summed E-state index contributed by atoms with van der Waals surface area (Å²) in [5.41, 5.74) is -14.7. The molecule has 0 atom stereocenters. The molecular formula is C28BF22-. The first-order valence-corrected chi connectivity index (χ1v) is 12.6. The van der Waals surface area contributed by atoms with E-state index in [0.29, 0.717) is 0 Å². The zero-order valence-corrected chi connectivity index (χ0v) is 22.9. The third-order valence-electron chi connectivity index (χ3n) is 7.84. The second-order valence-electron chi connectivity index (χ2n) is 10.2. The van der Waals surface area contributed by atoms with Crippen LogP contribution in [0.2, 0.25) is 0 Å². The van der Waals surface area contributed by atoms with Crippen LogP contribution in [-0.2, 0) is 0 Å². The first kappa shape index (κ1) is 37.1. The van der Waals surface area contributed by atoms with Gasteiger partial charge in [-0.15, -0.1) is 21.9 Å². The molecule has 51 heavy (non-hydrogen) atoms. The minimum Gasteiger partial charge on any atom is -0.210 e. The van der Waals surface area contributed by atoms with Crippen LogP contribution in [0.15, 0.2) is 0 Å². The van der Waals surface area contributed by atoms with E-state index in [1.54, 1.807) is 0 Å². The predicted octanol–water partition coefficient (Wildman–Crippen LogP) is 7.28. The molecule has 0 radical (unpaired) electrons. The van der Waals surface area contributed by atoms with Crippen molar-refractivity contribution in [3.8, 4) is 0 Å². The zero-order chi connectivity index (χ0) is 38.7. The fourth-order valence-corrected chi connectivity index (χ4v) is 5.76. The molecule has 0 spiro atoms. The van der Waals surface area contributed by atoms with Gasteiger partial charge in [0.05, 0.1) is 10.8 Å². The van der Waals surface area contributed by atoms with E-state index in [4.69, 9.17) is 0 Å². The van der Waals surface area contributed by atoms with E-state index in [9.17, 15) is 57.1 Å². The number of benzene rings is 5. The van der Waals surface area contributed by atoms with Crippen molar-refractivity contribution in [2.75, 3.05) is 0 Å². The third kappa shape index (κ3) is 4.54. The molecule has 270 valence electrons. The second kappa shape index (κ2) is 12.0. The van der Waals surface area contributed by atoms with Crippen molar-refractivity contribution < 1.29 is 96.6 Å². The van der Waals surface area contributed by atoms with Gasteiger partial charge in [-0.2, -0.15) is 0 Å². The molecule has 0 aliphatic carbocycles. The van der Waals surface area contributed by atoms with Gasteiger partial charge in [0.15, 0.2) is 81.4 Å². The lowest BCUT2D eigenvalue weighted by atomic mass is 9.12. The molecule has 0 bridgehead atoms. The topological polar surface area (TPSA) is 0 Å². The molecule has 0 amide bonds. The van der Waals surface area contributed by atoms with Gasteiger partial charge in [0, 0.05) is 0 Å². The van der Waals surface area contributed by atoms with Gasteiger partial charge in [0.1, 0.15) is 52.7 Å². The van der Waals surface area contributed by atoms with E-state index in [-0.39, 0.29) is 0 Å². The zero-order valence-electron chi connectivity index (χ0n) is 22.9. The van der Waals surface area contributed by atoms with E-state index < -0.39 is 167 Å². The highest BCUT2D eigenvalue weighted by molar-refractivity contribution is 7.20. The van der Waals surface area contributed by atoms with Gasteiger partial charge >= 0.3 is 0 Å². The molecule has 0 saturated heterocycles. The minimum atomic E-state index is -7.41. The minimum absolute atomic E-state index is 2.80. The maximum Gasteiger partial charge on any atom is 0.200 e. The van der Waals surface area contributed by atoms with E-state index in [1.807, 2.05) is 0 Å². The van der Waals surface area contributed by atoms with Crippen LogP contribution in [-0.4, -0.2) is 6.15 Å². The molecule has 5 rings (SSSR count). The summed E-state index contributed by atoms with van der Waals surface area (Å²) in [6, 6.07) is 0. The molecule has 5 aromatic carbocycles. The fraction of sp³-hybridized carbons (Fsp3) is 0. The monoisotopic (exact) mass is 765 g/mol.